The quantitative estimate of drug-likeness (QED) is 0.305. The Morgan fingerprint density at radius 1 is 1.17 bits per heavy atom. The number of hydrogen-bond acceptors (Lipinski definition) is 6. The fourth-order valence-corrected chi connectivity index (χ4v) is 1.42. The first-order valence-electron chi connectivity index (χ1n) is 3.56. The van der Waals surface area contributed by atoms with Crippen molar-refractivity contribution in [3.63, 3.8) is 0 Å². The van der Waals surface area contributed by atoms with E-state index in [0.717, 1.165) is 0 Å². The van der Waals surface area contributed by atoms with E-state index in [-0.39, 0.29) is 6.61 Å². The van der Waals surface area contributed by atoms with Crippen molar-refractivity contribution in [2.24, 2.45) is 0 Å². The van der Waals surface area contributed by atoms with E-state index in [1.807, 2.05) is 0 Å². The highest BCUT2D eigenvalue weighted by Crippen LogP contribution is 2.23. The van der Waals surface area contributed by atoms with Gasteiger partial charge in [-0.05, 0) is 0 Å². The molecule has 0 saturated carbocycles. The van der Waals surface area contributed by atoms with Crippen LogP contribution in [0, 0.1) is 0 Å². The standard InChI is InChI=1S/C6H12O5S/c7-1-2-5(12)3(8)4(9)6(10)11-2/h2-10,12H,1H2/t2-,3-,4-,5-,6+/m0/s1. The fraction of sp³-hybridized carbons (Fsp3) is 1.00. The molecule has 0 aromatic carbocycles. The first-order chi connectivity index (χ1) is 5.57. The van der Waals surface area contributed by atoms with Crippen molar-refractivity contribution in [3.05, 3.63) is 0 Å². The Hall–Kier alpha value is 0.150. The summed E-state index contributed by atoms with van der Waals surface area (Å²) in [5, 5.41) is 35.3. The van der Waals surface area contributed by atoms with Crippen molar-refractivity contribution in [1.82, 2.24) is 0 Å². The molecular formula is C6H12O5S. The van der Waals surface area contributed by atoms with Gasteiger partial charge in [-0.25, -0.2) is 0 Å². The maximum atomic E-state index is 9.24. The van der Waals surface area contributed by atoms with E-state index in [1.54, 1.807) is 0 Å². The minimum Gasteiger partial charge on any atom is -0.394 e. The monoisotopic (exact) mass is 196 g/mol. The average Bonchev–Trinajstić information content (AvgIpc) is 2.08. The molecule has 0 amide bonds. The highest BCUT2D eigenvalue weighted by atomic mass is 32.1. The van der Waals surface area contributed by atoms with E-state index in [9.17, 15) is 5.11 Å². The maximum Gasteiger partial charge on any atom is 0.183 e. The summed E-state index contributed by atoms with van der Waals surface area (Å²) in [4.78, 5) is 0. The summed E-state index contributed by atoms with van der Waals surface area (Å²) in [7, 11) is 0. The Morgan fingerprint density at radius 3 is 2.25 bits per heavy atom. The third-order valence-corrected chi connectivity index (χ3v) is 2.51. The van der Waals surface area contributed by atoms with Crippen LogP contribution in [0.1, 0.15) is 0 Å². The smallest absolute Gasteiger partial charge is 0.183 e. The van der Waals surface area contributed by atoms with E-state index >= 15 is 0 Å². The van der Waals surface area contributed by atoms with Crippen LogP contribution in [-0.4, -0.2) is 56.9 Å². The van der Waals surface area contributed by atoms with Gasteiger partial charge in [-0.2, -0.15) is 12.6 Å². The van der Waals surface area contributed by atoms with Gasteiger partial charge in [0, 0.05) is 0 Å². The molecule has 1 fully saturated rings. The second-order valence-corrected chi connectivity index (χ2v) is 3.32. The van der Waals surface area contributed by atoms with Crippen molar-refractivity contribution in [3.8, 4) is 0 Å². The normalized spacial score (nSPS) is 49.2. The fourth-order valence-electron chi connectivity index (χ4n) is 1.08. The summed E-state index contributed by atoms with van der Waals surface area (Å²) in [5.41, 5.74) is 0. The Morgan fingerprint density at radius 2 is 1.75 bits per heavy atom. The van der Waals surface area contributed by atoms with Crippen LogP contribution < -0.4 is 0 Å². The predicted molar refractivity (Wildman–Crippen MR) is 42.8 cm³/mol. The van der Waals surface area contributed by atoms with E-state index in [0.29, 0.717) is 0 Å². The van der Waals surface area contributed by atoms with Crippen LogP contribution >= 0.6 is 12.6 Å². The van der Waals surface area contributed by atoms with Crippen LogP contribution in [0.25, 0.3) is 0 Å². The van der Waals surface area contributed by atoms with Gasteiger partial charge in [0.15, 0.2) is 6.29 Å². The van der Waals surface area contributed by atoms with Gasteiger partial charge in [0.2, 0.25) is 0 Å². The molecule has 5 atom stereocenters. The second kappa shape index (κ2) is 3.91. The van der Waals surface area contributed by atoms with Gasteiger partial charge in [-0.15, -0.1) is 0 Å². The number of thiol groups is 1. The number of hydrogen-bond donors (Lipinski definition) is 5. The van der Waals surface area contributed by atoms with Crippen molar-refractivity contribution < 1.29 is 25.2 Å². The molecule has 0 radical (unpaired) electrons. The molecule has 0 spiro atoms. The first-order valence-corrected chi connectivity index (χ1v) is 4.08. The number of ether oxygens (including phenoxy) is 1. The highest BCUT2D eigenvalue weighted by Gasteiger charge is 2.41. The lowest BCUT2D eigenvalue weighted by molar-refractivity contribution is -0.248. The third kappa shape index (κ3) is 1.73. The molecule has 1 heterocycles. The van der Waals surface area contributed by atoms with Gasteiger partial charge in [-0.1, -0.05) is 0 Å². The SMILES string of the molecule is OC[C@@H]1O[C@@H](O)[C@@H](O)[C@H](O)[C@H]1S. The summed E-state index contributed by atoms with van der Waals surface area (Å²) in [5.74, 6) is 0. The number of aliphatic hydroxyl groups excluding tert-OH is 4. The van der Waals surface area contributed by atoms with E-state index in [2.05, 4.69) is 12.6 Å². The number of aliphatic hydroxyl groups is 4. The molecule has 1 saturated heterocycles. The van der Waals surface area contributed by atoms with Crippen LogP contribution in [0.15, 0.2) is 0 Å². The Balaban J connectivity index is 2.63. The lowest BCUT2D eigenvalue weighted by Crippen LogP contribution is -2.56. The van der Waals surface area contributed by atoms with Gasteiger partial charge < -0.3 is 25.2 Å². The molecule has 0 unspecified atom stereocenters. The summed E-state index contributed by atoms with van der Waals surface area (Å²) < 4.78 is 4.75. The lowest BCUT2D eigenvalue weighted by atomic mass is 10.0. The first kappa shape index (κ1) is 10.2. The molecule has 0 aromatic heterocycles. The molecule has 5 nitrogen and oxygen atoms in total. The minimum atomic E-state index is -1.46. The molecule has 0 aromatic rings. The Bertz CT molecular complexity index is 150. The van der Waals surface area contributed by atoms with Gasteiger partial charge in [0.05, 0.1) is 24.1 Å². The third-order valence-electron chi connectivity index (χ3n) is 1.87. The molecule has 0 aliphatic carbocycles. The van der Waals surface area contributed by atoms with Crippen LogP contribution in [0.3, 0.4) is 0 Å². The molecule has 0 bridgehead atoms. The largest absolute Gasteiger partial charge is 0.394 e. The van der Waals surface area contributed by atoms with Crippen LogP contribution in [0.5, 0.6) is 0 Å². The topological polar surface area (TPSA) is 90.2 Å². The van der Waals surface area contributed by atoms with Crippen LogP contribution in [-0.2, 0) is 4.74 Å². The van der Waals surface area contributed by atoms with Gasteiger partial charge in [-0.3, -0.25) is 0 Å². The molecule has 72 valence electrons. The Kier molecular flexibility index (Phi) is 3.33. The molecule has 1 aliphatic heterocycles. The van der Waals surface area contributed by atoms with Gasteiger partial charge in [0.1, 0.15) is 6.10 Å². The van der Waals surface area contributed by atoms with E-state index in [1.165, 1.54) is 0 Å². The average molecular weight is 196 g/mol. The maximum absolute atomic E-state index is 9.24. The van der Waals surface area contributed by atoms with Crippen LogP contribution in [0.2, 0.25) is 0 Å². The molecule has 1 aliphatic rings. The summed E-state index contributed by atoms with van der Waals surface area (Å²) in [6.45, 7) is -0.352. The highest BCUT2D eigenvalue weighted by molar-refractivity contribution is 7.81. The summed E-state index contributed by atoms with van der Waals surface area (Å²) in [6, 6.07) is 0. The number of rotatable bonds is 1. The molecular weight excluding hydrogens is 184 g/mol. The predicted octanol–water partition coefficient (Wildman–Crippen LogP) is -2.28. The molecule has 4 N–H and O–H groups in total. The van der Waals surface area contributed by atoms with E-state index < -0.39 is 29.9 Å². The van der Waals surface area contributed by atoms with Crippen molar-refractivity contribution >= 4 is 12.6 Å². The summed E-state index contributed by atoms with van der Waals surface area (Å²) in [6.07, 6.45) is -4.76. The van der Waals surface area contributed by atoms with Crippen molar-refractivity contribution in [2.75, 3.05) is 6.61 Å². The minimum absolute atomic E-state index is 0.352. The summed E-state index contributed by atoms with van der Waals surface area (Å²) >= 11 is 3.93. The van der Waals surface area contributed by atoms with Crippen molar-refractivity contribution in [1.29, 1.82) is 0 Å². The second-order valence-electron chi connectivity index (χ2n) is 2.72. The Labute approximate surface area is 75.0 Å². The van der Waals surface area contributed by atoms with Gasteiger partial charge >= 0.3 is 0 Å². The zero-order chi connectivity index (χ0) is 9.30. The lowest BCUT2D eigenvalue weighted by Gasteiger charge is -2.37. The van der Waals surface area contributed by atoms with E-state index in [4.69, 9.17) is 20.1 Å². The zero-order valence-electron chi connectivity index (χ0n) is 6.24. The van der Waals surface area contributed by atoms with Crippen LogP contribution in [0.4, 0.5) is 0 Å². The molecule has 1 rings (SSSR count). The zero-order valence-corrected chi connectivity index (χ0v) is 7.13. The molecule has 6 heteroatoms. The molecule has 12 heavy (non-hydrogen) atoms. The van der Waals surface area contributed by atoms with Gasteiger partial charge in [0.25, 0.3) is 0 Å². The van der Waals surface area contributed by atoms with Crippen molar-refractivity contribution in [2.45, 2.75) is 29.9 Å².